The summed E-state index contributed by atoms with van der Waals surface area (Å²) >= 11 is 3.24. The van der Waals surface area contributed by atoms with Gasteiger partial charge >= 0.3 is 0 Å². The first kappa shape index (κ1) is 18.2. The van der Waals surface area contributed by atoms with Gasteiger partial charge in [-0.3, -0.25) is 4.79 Å². The van der Waals surface area contributed by atoms with Crippen molar-refractivity contribution in [1.82, 2.24) is 14.5 Å². The maximum atomic E-state index is 13.7. The molecule has 2 heterocycles. The molecule has 0 saturated heterocycles. The van der Waals surface area contributed by atoms with E-state index >= 15 is 0 Å². The number of hydrogen-bond donors (Lipinski definition) is 0. The van der Waals surface area contributed by atoms with Crippen LogP contribution in [0.2, 0.25) is 0 Å². The fraction of sp³-hybridized carbons (Fsp3) is 0.167. The summed E-state index contributed by atoms with van der Waals surface area (Å²) in [6.07, 6.45) is 3.02. The average molecular weight is 422 g/mol. The number of halogens is 3. The first-order valence-corrected chi connectivity index (χ1v) is 8.46. The Kier molecular flexibility index (Phi) is 5.41. The number of hydrogen-bond acceptors (Lipinski definition) is 4. The van der Waals surface area contributed by atoms with Crippen LogP contribution in [0.5, 0.6) is 5.75 Å². The standard InChI is InChI=1S/C18H14BrF2N3O2/c1-11-6-16(26-9-12-2-3-13(20)7-15(12)21)17(19)18(25)24(11)8-14-4-5-22-10-23-14/h2-7,10H,8-9H2,1H3. The highest BCUT2D eigenvalue weighted by atomic mass is 79.9. The van der Waals surface area contributed by atoms with E-state index in [4.69, 9.17) is 4.74 Å². The molecular weight excluding hydrogens is 408 g/mol. The molecule has 5 nitrogen and oxygen atoms in total. The molecule has 0 aliphatic heterocycles. The maximum absolute atomic E-state index is 13.7. The van der Waals surface area contributed by atoms with Crippen molar-refractivity contribution in [3.05, 3.63) is 86.3 Å². The van der Waals surface area contributed by atoms with Gasteiger partial charge in [0.15, 0.2) is 0 Å². The largest absolute Gasteiger partial charge is 0.487 e. The van der Waals surface area contributed by atoms with Gasteiger partial charge < -0.3 is 9.30 Å². The van der Waals surface area contributed by atoms with Gasteiger partial charge in [0, 0.05) is 29.6 Å². The van der Waals surface area contributed by atoms with Crippen molar-refractivity contribution in [3.8, 4) is 5.75 Å². The molecule has 0 bridgehead atoms. The predicted octanol–water partition coefficient (Wildman–Crippen LogP) is 3.61. The van der Waals surface area contributed by atoms with E-state index in [1.807, 2.05) is 0 Å². The highest BCUT2D eigenvalue weighted by molar-refractivity contribution is 9.10. The summed E-state index contributed by atoms with van der Waals surface area (Å²) in [6.45, 7) is 1.93. The van der Waals surface area contributed by atoms with Gasteiger partial charge in [-0.15, -0.1) is 0 Å². The molecule has 0 aliphatic rings. The van der Waals surface area contributed by atoms with Crippen LogP contribution in [0.3, 0.4) is 0 Å². The molecule has 0 saturated carbocycles. The maximum Gasteiger partial charge on any atom is 0.269 e. The number of rotatable bonds is 5. The van der Waals surface area contributed by atoms with Crippen molar-refractivity contribution in [2.24, 2.45) is 0 Å². The lowest BCUT2D eigenvalue weighted by molar-refractivity contribution is 0.295. The Morgan fingerprint density at radius 2 is 2.04 bits per heavy atom. The van der Waals surface area contributed by atoms with Crippen LogP contribution in [0.25, 0.3) is 0 Å². The minimum Gasteiger partial charge on any atom is -0.487 e. The monoisotopic (exact) mass is 421 g/mol. The number of aromatic nitrogens is 3. The Morgan fingerprint density at radius 3 is 2.73 bits per heavy atom. The number of benzene rings is 1. The minimum atomic E-state index is -0.699. The predicted molar refractivity (Wildman–Crippen MR) is 95.0 cm³/mol. The molecule has 0 N–H and O–H groups in total. The van der Waals surface area contributed by atoms with Gasteiger partial charge in [0.2, 0.25) is 0 Å². The van der Waals surface area contributed by atoms with E-state index in [1.54, 1.807) is 25.3 Å². The topological polar surface area (TPSA) is 57.0 Å². The summed E-state index contributed by atoms with van der Waals surface area (Å²) in [4.78, 5) is 20.6. The van der Waals surface area contributed by atoms with E-state index in [2.05, 4.69) is 25.9 Å². The van der Waals surface area contributed by atoms with E-state index in [1.165, 1.54) is 17.0 Å². The zero-order valence-corrected chi connectivity index (χ0v) is 15.3. The van der Waals surface area contributed by atoms with Gasteiger partial charge in [0.05, 0.1) is 12.2 Å². The van der Waals surface area contributed by atoms with E-state index in [0.29, 0.717) is 17.9 Å². The summed E-state index contributed by atoms with van der Waals surface area (Å²) in [5, 5.41) is 0. The normalized spacial score (nSPS) is 10.8. The smallest absolute Gasteiger partial charge is 0.269 e. The van der Waals surface area contributed by atoms with Crippen LogP contribution in [0.4, 0.5) is 8.78 Å². The second-order valence-electron chi connectivity index (χ2n) is 5.58. The lowest BCUT2D eigenvalue weighted by Gasteiger charge is -2.14. The molecule has 1 aromatic carbocycles. The highest BCUT2D eigenvalue weighted by Gasteiger charge is 2.14. The Balaban J connectivity index is 1.84. The van der Waals surface area contributed by atoms with Gasteiger partial charge in [0.1, 0.15) is 34.8 Å². The SMILES string of the molecule is Cc1cc(OCc2ccc(F)cc2F)c(Br)c(=O)n1Cc1ccncn1. The van der Waals surface area contributed by atoms with Crippen LogP contribution in [0.1, 0.15) is 17.0 Å². The molecule has 3 aromatic rings. The van der Waals surface area contributed by atoms with E-state index in [9.17, 15) is 13.6 Å². The zero-order valence-electron chi connectivity index (χ0n) is 13.7. The van der Waals surface area contributed by atoms with Gasteiger partial charge in [-0.1, -0.05) is 0 Å². The second kappa shape index (κ2) is 7.74. The van der Waals surface area contributed by atoms with Crippen LogP contribution < -0.4 is 10.3 Å². The Morgan fingerprint density at radius 1 is 1.23 bits per heavy atom. The zero-order chi connectivity index (χ0) is 18.7. The van der Waals surface area contributed by atoms with Gasteiger partial charge in [-0.25, -0.2) is 18.7 Å². The summed E-state index contributed by atoms with van der Waals surface area (Å²) in [5.41, 5.74) is 1.25. The van der Waals surface area contributed by atoms with Crippen LogP contribution in [0, 0.1) is 18.6 Å². The Hall–Kier alpha value is -2.61. The van der Waals surface area contributed by atoms with Crippen molar-refractivity contribution in [2.45, 2.75) is 20.1 Å². The molecule has 2 aromatic heterocycles. The summed E-state index contributed by atoms with van der Waals surface area (Å²) < 4.78 is 34.0. The number of nitrogens with zero attached hydrogens (tertiary/aromatic N) is 3. The van der Waals surface area contributed by atoms with Gasteiger partial charge in [0.25, 0.3) is 5.56 Å². The van der Waals surface area contributed by atoms with Crippen LogP contribution in [-0.4, -0.2) is 14.5 Å². The Labute approximate surface area is 156 Å². The Bertz CT molecular complexity index is 994. The fourth-order valence-electron chi connectivity index (χ4n) is 2.38. The van der Waals surface area contributed by atoms with Crippen molar-refractivity contribution in [1.29, 1.82) is 0 Å². The third kappa shape index (κ3) is 3.96. The van der Waals surface area contributed by atoms with Crippen molar-refractivity contribution < 1.29 is 13.5 Å². The number of ether oxygens (including phenoxy) is 1. The van der Waals surface area contributed by atoms with Crippen LogP contribution in [-0.2, 0) is 13.2 Å². The summed E-state index contributed by atoms with van der Waals surface area (Å²) in [6, 6.07) is 6.65. The van der Waals surface area contributed by atoms with Crippen LogP contribution in [0.15, 0.2) is 52.1 Å². The lowest BCUT2D eigenvalue weighted by Crippen LogP contribution is -2.24. The van der Waals surface area contributed by atoms with Crippen molar-refractivity contribution >= 4 is 15.9 Å². The molecule has 26 heavy (non-hydrogen) atoms. The van der Waals surface area contributed by atoms with Crippen molar-refractivity contribution in [3.63, 3.8) is 0 Å². The fourth-order valence-corrected chi connectivity index (χ4v) is 2.83. The minimum absolute atomic E-state index is 0.125. The molecule has 8 heteroatoms. The van der Waals surface area contributed by atoms with E-state index in [0.717, 1.165) is 12.1 Å². The first-order valence-electron chi connectivity index (χ1n) is 7.67. The molecule has 0 radical (unpaired) electrons. The molecular formula is C18H14BrF2N3O2. The molecule has 0 amide bonds. The average Bonchev–Trinajstić information content (AvgIpc) is 2.63. The van der Waals surface area contributed by atoms with Crippen LogP contribution >= 0.6 is 15.9 Å². The van der Waals surface area contributed by atoms with E-state index in [-0.39, 0.29) is 28.0 Å². The highest BCUT2D eigenvalue weighted by Crippen LogP contribution is 2.24. The summed E-state index contributed by atoms with van der Waals surface area (Å²) in [5.74, 6) is -1.07. The lowest BCUT2D eigenvalue weighted by atomic mass is 10.2. The number of pyridine rings is 1. The molecule has 0 spiro atoms. The molecule has 0 fully saturated rings. The second-order valence-corrected chi connectivity index (χ2v) is 6.37. The quantitative estimate of drug-likeness (QED) is 0.631. The third-order valence-corrected chi connectivity index (χ3v) is 4.51. The van der Waals surface area contributed by atoms with E-state index < -0.39 is 11.6 Å². The molecule has 0 aliphatic carbocycles. The van der Waals surface area contributed by atoms with Crippen molar-refractivity contribution in [2.75, 3.05) is 0 Å². The molecule has 3 rings (SSSR count). The van der Waals surface area contributed by atoms with Gasteiger partial charge in [-0.2, -0.15) is 0 Å². The first-order chi connectivity index (χ1) is 12.5. The third-order valence-electron chi connectivity index (χ3n) is 3.78. The molecule has 0 unspecified atom stereocenters. The van der Waals surface area contributed by atoms with Gasteiger partial charge in [-0.05, 0) is 41.1 Å². The summed E-state index contributed by atoms with van der Waals surface area (Å²) in [7, 11) is 0. The molecule has 0 atom stereocenters. The number of aryl methyl sites for hydroxylation is 1. The molecule has 134 valence electrons.